The van der Waals surface area contributed by atoms with E-state index in [-0.39, 0.29) is 11.4 Å². The van der Waals surface area contributed by atoms with Gasteiger partial charge in [0.15, 0.2) is 0 Å². The summed E-state index contributed by atoms with van der Waals surface area (Å²) in [6.45, 7) is 0. The second-order valence-corrected chi connectivity index (χ2v) is 2.17. The minimum Gasteiger partial charge on any atom is -0.397 e. The molecular formula is C6H9N5O. The molecule has 0 fully saturated rings. The first-order valence-electron chi connectivity index (χ1n) is 3.17. The molecular weight excluding hydrogens is 158 g/mol. The lowest BCUT2D eigenvalue weighted by atomic mass is 10.2. The molecule has 6 heteroatoms. The molecule has 12 heavy (non-hydrogen) atoms. The summed E-state index contributed by atoms with van der Waals surface area (Å²) >= 11 is 0. The van der Waals surface area contributed by atoms with E-state index in [1.807, 2.05) is 5.43 Å². The zero-order valence-electron chi connectivity index (χ0n) is 6.24. The Morgan fingerprint density at radius 1 is 1.50 bits per heavy atom. The Morgan fingerprint density at radius 2 is 2.17 bits per heavy atom. The highest BCUT2D eigenvalue weighted by Gasteiger charge is 2.08. The van der Waals surface area contributed by atoms with Crippen molar-refractivity contribution in [3.8, 4) is 0 Å². The average Bonchev–Trinajstić information content (AvgIpc) is 2.08. The maximum absolute atomic E-state index is 11.0. The Bertz CT molecular complexity index is 311. The smallest absolute Gasteiger partial charge is 0.268 e. The molecule has 0 aliphatic heterocycles. The van der Waals surface area contributed by atoms with E-state index in [9.17, 15) is 4.79 Å². The van der Waals surface area contributed by atoms with Gasteiger partial charge in [0.25, 0.3) is 5.91 Å². The van der Waals surface area contributed by atoms with Crippen LogP contribution in [0, 0.1) is 0 Å². The second-order valence-electron chi connectivity index (χ2n) is 2.17. The van der Waals surface area contributed by atoms with E-state index in [2.05, 4.69) is 4.98 Å². The van der Waals surface area contributed by atoms with E-state index >= 15 is 0 Å². The molecule has 1 aromatic heterocycles. The van der Waals surface area contributed by atoms with Crippen molar-refractivity contribution in [3.05, 3.63) is 17.8 Å². The normalized spacial score (nSPS) is 9.42. The highest BCUT2D eigenvalue weighted by Crippen LogP contribution is 2.10. The standard InChI is InChI=1S/C6H9N5O/c7-3-1-4(6(12)11-9)5(8)10-2-3/h1-2H,7,9H2,(H2,8,10)(H,11,12). The van der Waals surface area contributed by atoms with Crippen LogP contribution in [-0.4, -0.2) is 10.9 Å². The predicted molar refractivity (Wildman–Crippen MR) is 44.7 cm³/mol. The van der Waals surface area contributed by atoms with E-state index in [1.54, 1.807) is 0 Å². The average molecular weight is 167 g/mol. The Hall–Kier alpha value is -1.82. The molecule has 7 N–H and O–H groups in total. The molecule has 1 heterocycles. The third-order valence-electron chi connectivity index (χ3n) is 1.32. The summed E-state index contributed by atoms with van der Waals surface area (Å²) in [4.78, 5) is 14.7. The number of hydrogen-bond acceptors (Lipinski definition) is 5. The van der Waals surface area contributed by atoms with Crippen molar-refractivity contribution in [1.82, 2.24) is 10.4 Å². The van der Waals surface area contributed by atoms with Gasteiger partial charge in [-0.3, -0.25) is 10.2 Å². The molecule has 0 atom stereocenters. The maximum atomic E-state index is 11.0. The topological polar surface area (TPSA) is 120 Å². The molecule has 0 bridgehead atoms. The minimum atomic E-state index is -0.507. The summed E-state index contributed by atoms with van der Waals surface area (Å²) in [6, 6.07) is 1.41. The number of pyridine rings is 1. The maximum Gasteiger partial charge on any atom is 0.268 e. The number of anilines is 2. The summed E-state index contributed by atoms with van der Waals surface area (Å²) in [7, 11) is 0. The first-order valence-corrected chi connectivity index (χ1v) is 3.17. The summed E-state index contributed by atoms with van der Waals surface area (Å²) < 4.78 is 0. The highest BCUT2D eigenvalue weighted by molar-refractivity contribution is 5.98. The van der Waals surface area contributed by atoms with Crippen LogP contribution in [0.5, 0.6) is 0 Å². The van der Waals surface area contributed by atoms with Crippen LogP contribution in [0.1, 0.15) is 10.4 Å². The molecule has 0 aromatic carbocycles. The lowest BCUT2D eigenvalue weighted by molar-refractivity contribution is 0.0954. The van der Waals surface area contributed by atoms with Crippen molar-refractivity contribution in [2.45, 2.75) is 0 Å². The first kappa shape index (κ1) is 8.28. The van der Waals surface area contributed by atoms with Gasteiger partial charge in [-0.1, -0.05) is 0 Å². The monoisotopic (exact) mass is 167 g/mol. The quantitative estimate of drug-likeness (QED) is 0.239. The summed E-state index contributed by atoms with van der Waals surface area (Å²) in [5.41, 5.74) is 13.2. The number of hydrogen-bond donors (Lipinski definition) is 4. The summed E-state index contributed by atoms with van der Waals surface area (Å²) in [5.74, 6) is 4.50. The van der Waals surface area contributed by atoms with Gasteiger partial charge in [-0.15, -0.1) is 0 Å². The van der Waals surface area contributed by atoms with Gasteiger partial charge in [0, 0.05) is 0 Å². The number of nitrogens with zero attached hydrogens (tertiary/aromatic N) is 1. The Labute approximate surface area is 68.7 Å². The Morgan fingerprint density at radius 3 is 2.75 bits per heavy atom. The molecule has 0 radical (unpaired) electrons. The molecule has 0 aliphatic rings. The van der Waals surface area contributed by atoms with Crippen molar-refractivity contribution in [2.75, 3.05) is 11.5 Å². The molecule has 1 rings (SSSR count). The molecule has 0 aliphatic carbocycles. The zero-order valence-corrected chi connectivity index (χ0v) is 6.24. The first-order chi connectivity index (χ1) is 5.65. The number of hydrazine groups is 1. The van der Waals surface area contributed by atoms with Crippen LogP contribution < -0.4 is 22.7 Å². The fraction of sp³-hybridized carbons (Fsp3) is 0. The number of amides is 1. The number of nitrogens with one attached hydrogen (secondary N) is 1. The fourth-order valence-electron chi connectivity index (χ4n) is 0.751. The van der Waals surface area contributed by atoms with Gasteiger partial charge in [-0.05, 0) is 6.07 Å². The molecule has 0 saturated heterocycles. The number of rotatable bonds is 1. The van der Waals surface area contributed by atoms with E-state index in [4.69, 9.17) is 17.3 Å². The predicted octanol–water partition coefficient (Wildman–Crippen LogP) is -1.15. The molecule has 0 saturated carbocycles. The fourth-order valence-corrected chi connectivity index (χ4v) is 0.751. The minimum absolute atomic E-state index is 0.104. The SMILES string of the molecule is NNC(=O)c1cc(N)cnc1N. The van der Waals surface area contributed by atoms with Crippen LogP contribution in [0.4, 0.5) is 11.5 Å². The third kappa shape index (κ3) is 1.43. The number of carbonyl (C=O) groups excluding carboxylic acids is 1. The van der Waals surface area contributed by atoms with E-state index < -0.39 is 5.91 Å². The number of aromatic nitrogens is 1. The summed E-state index contributed by atoms with van der Waals surface area (Å²) in [6.07, 6.45) is 1.36. The van der Waals surface area contributed by atoms with Gasteiger partial charge >= 0.3 is 0 Å². The van der Waals surface area contributed by atoms with E-state index in [1.165, 1.54) is 12.3 Å². The number of nitrogens with two attached hydrogens (primary N) is 3. The Balaban J connectivity index is 3.13. The van der Waals surface area contributed by atoms with Crippen molar-refractivity contribution < 1.29 is 4.79 Å². The molecule has 1 aromatic rings. The lowest BCUT2D eigenvalue weighted by Gasteiger charge is -2.02. The number of nitrogen functional groups attached to an aromatic ring is 3. The molecule has 0 unspecified atom stereocenters. The van der Waals surface area contributed by atoms with Crippen LogP contribution in [0.25, 0.3) is 0 Å². The van der Waals surface area contributed by atoms with Crippen LogP contribution >= 0.6 is 0 Å². The van der Waals surface area contributed by atoms with Crippen molar-refractivity contribution in [1.29, 1.82) is 0 Å². The van der Waals surface area contributed by atoms with Crippen molar-refractivity contribution >= 4 is 17.4 Å². The van der Waals surface area contributed by atoms with Gasteiger partial charge in [0.05, 0.1) is 17.4 Å². The van der Waals surface area contributed by atoms with E-state index in [0.717, 1.165) is 0 Å². The molecule has 1 amide bonds. The summed E-state index contributed by atoms with van der Waals surface area (Å²) in [5, 5.41) is 0. The van der Waals surface area contributed by atoms with Gasteiger partial charge < -0.3 is 11.5 Å². The van der Waals surface area contributed by atoms with Crippen molar-refractivity contribution in [2.24, 2.45) is 5.84 Å². The van der Waals surface area contributed by atoms with E-state index in [0.29, 0.717) is 5.69 Å². The number of carbonyl (C=O) groups is 1. The van der Waals surface area contributed by atoms with Crippen molar-refractivity contribution in [3.63, 3.8) is 0 Å². The lowest BCUT2D eigenvalue weighted by Crippen LogP contribution is -2.30. The van der Waals surface area contributed by atoms with Crippen LogP contribution in [-0.2, 0) is 0 Å². The van der Waals surface area contributed by atoms with Gasteiger partial charge in [-0.2, -0.15) is 0 Å². The molecule has 0 spiro atoms. The van der Waals surface area contributed by atoms with Crippen LogP contribution in [0.15, 0.2) is 12.3 Å². The molecule has 64 valence electrons. The van der Waals surface area contributed by atoms with Gasteiger partial charge in [0.2, 0.25) is 0 Å². The molecule has 6 nitrogen and oxygen atoms in total. The van der Waals surface area contributed by atoms with Crippen LogP contribution in [0.2, 0.25) is 0 Å². The van der Waals surface area contributed by atoms with Crippen LogP contribution in [0.3, 0.4) is 0 Å². The third-order valence-corrected chi connectivity index (χ3v) is 1.32. The zero-order chi connectivity index (χ0) is 9.14. The second kappa shape index (κ2) is 3.05. The van der Waals surface area contributed by atoms with Gasteiger partial charge in [0.1, 0.15) is 5.82 Å². The largest absolute Gasteiger partial charge is 0.397 e. The highest BCUT2D eigenvalue weighted by atomic mass is 16.2. The van der Waals surface area contributed by atoms with Gasteiger partial charge in [-0.25, -0.2) is 10.8 Å². The Kier molecular flexibility index (Phi) is 2.11.